The van der Waals surface area contributed by atoms with Crippen molar-refractivity contribution in [3.05, 3.63) is 22.4 Å². The van der Waals surface area contributed by atoms with Gasteiger partial charge in [0.05, 0.1) is 18.8 Å². The molecule has 1 fully saturated rings. The SMILES string of the molecule is OC(CNCc1ccsc1)COC1CCCCC1. The van der Waals surface area contributed by atoms with Gasteiger partial charge in [-0.05, 0) is 35.2 Å². The second-order valence-electron chi connectivity index (χ2n) is 5.01. The van der Waals surface area contributed by atoms with Gasteiger partial charge in [0.25, 0.3) is 0 Å². The highest BCUT2D eigenvalue weighted by molar-refractivity contribution is 7.07. The largest absolute Gasteiger partial charge is 0.389 e. The predicted molar refractivity (Wildman–Crippen MR) is 74.9 cm³/mol. The van der Waals surface area contributed by atoms with E-state index in [9.17, 15) is 5.11 Å². The van der Waals surface area contributed by atoms with Crippen LogP contribution in [-0.4, -0.2) is 30.5 Å². The lowest BCUT2D eigenvalue weighted by Crippen LogP contribution is -2.32. The van der Waals surface area contributed by atoms with Gasteiger partial charge in [0.1, 0.15) is 0 Å². The summed E-state index contributed by atoms with van der Waals surface area (Å²) in [6.07, 6.45) is 6.19. The molecule has 0 bridgehead atoms. The van der Waals surface area contributed by atoms with Gasteiger partial charge in [-0.2, -0.15) is 11.3 Å². The van der Waals surface area contributed by atoms with Crippen molar-refractivity contribution >= 4 is 11.3 Å². The lowest BCUT2D eigenvalue weighted by atomic mass is 9.98. The molecule has 0 amide bonds. The Morgan fingerprint density at radius 1 is 1.39 bits per heavy atom. The number of aliphatic hydroxyl groups excluding tert-OH is 1. The van der Waals surface area contributed by atoms with Crippen LogP contribution in [0.4, 0.5) is 0 Å². The fourth-order valence-electron chi connectivity index (χ4n) is 2.31. The molecule has 1 aromatic rings. The summed E-state index contributed by atoms with van der Waals surface area (Å²) < 4.78 is 5.74. The summed E-state index contributed by atoms with van der Waals surface area (Å²) in [6.45, 7) is 1.88. The van der Waals surface area contributed by atoms with Gasteiger partial charge in [0, 0.05) is 13.1 Å². The normalized spacial score (nSPS) is 18.9. The number of hydrogen-bond donors (Lipinski definition) is 2. The van der Waals surface area contributed by atoms with Gasteiger partial charge in [0.15, 0.2) is 0 Å². The van der Waals surface area contributed by atoms with E-state index in [2.05, 4.69) is 22.1 Å². The summed E-state index contributed by atoms with van der Waals surface area (Å²) in [7, 11) is 0. The van der Waals surface area contributed by atoms with Crippen LogP contribution in [0.2, 0.25) is 0 Å². The molecule has 102 valence electrons. The van der Waals surface area contributed by atoms with Crippen LogP contribution in [0.25, 0.3) is 0 Å². The number of thiophene rings is 1. The van der Waals surface area contributed by atoms with Crippen LogP contribution in [0.15, 0.2) is 16.8 Å². The molecule has 1 heterocycles. The van der Waals surface area contributed by atoms with Gasteiger partial charge in [-0.15, -0.1) is 0 Å². The molecule has 0 aromatic carbocycles. The van der Waals surface area contributed by atoms with Crippen molar-refractivity contribution in [1.82, 2.24) is 5.32 Å². The van der Waals surface area contributed by atoms with Gasteiger partial charge in [-0.3, -0.25) is 0 Å². The zero-order valence-electron chi connectivity index (χ0n) is 10.8. The highest BCUT2D eigenvalue weighted by atomic mass is 32.1. The van der Waals surface area contributed by atoms with Crippen molar-refractivity contribution < 1.29 is 9.84 Å². The molecule has 0 saturated heterocycles. The zero-order valence-corrected chi connectivity index (χ0v) is 11.6. The van der Waals surface area contributed by atoms with E-state index in [1.54, 1.807) is 11.3 Å². The molecule has 1 aromatic heterocycles. The standard InChI is InChI=1S/C14H23NO2S/c16-13(9-15-8-12-6-7-18-11-12)10-17-14-4-2-1-3-5-14/h6-7,11,13-16H,1-5,8-10H2. The highest BCUT2D eigenvalue weighted by Crippen LogP contribution is 2.20. The van der Waals surface area contributed by atoms with Crippen molar-refractivity contribution in [2.24, 2.45) is 0 Å². The van der Waals surface area contributed by atoms with E-state index in [1.165, 1.54) is 24.8 Å². The number of ether oxygens (including phenoxy) is 1. The van der Waals surface area contributed by atoms with E-state index in [-0.39, 0.29) is 0 Å². The van der Waals surface area contributed by atoms with Crippen molar-refractivity contribution in [2.45, 2.75) is 50.9 Å². The third kappa shape index (κ3) is 5.06. The minimum Gasteiger partial charge on any atom is -0.389 e. The van der Waals surface area contributed by atoms with Crippen LogP contribution in [0.5, 0.6) is 0 Å². The zero-order chi connectivity index (χ0) is 12.6. The first kappa shape index (κ1) is 14.0. The fourth-order valence-corrected chi connectivity index (χ4v) is 2.98. The van der Waals surface area contributed by atoms with Gasteiger partial charge >= 0.3 is 0 Å². The van der Waals surface area contributed by atoms with Crippen LogP contribution in [0.1, 0.15) is 37.7 Å². The third-order valence-corrected chi connectivity index (χ3v) is 4.10. The van der Waals surface area contributed by atoms with E-state index in [1.807, 2.05) is 0 Å². The molecule has 1 aliphatic rings. The van der Waals surface area contributed by atoms with E-state index in [0.717, 1.165) is 19.4 Å². The molecule has 0 aliphatic heterocycles. The van der Waals surface area contributed by atoms with Crippen molar-refractivity contribution in [2.75, 3.05) is 13.2 Å². The van der Waals surface area contributed by atoms with Crippen LogP contribution >= 0.6 is 11.3 Å². The first-order chi connectivity index (χ1) is 8.84. The Morgan fingerprint density at radius 3 is 2.94 bits per heavy atom. The molecule has 1 aliphatic carbocycles. The Kier molecular flexibility index (Phi) is 6.14. The Morgan fingerprint density at radius 2 is 2.22 bits per heavy atom. The van der Waals surface area contributed by atoms with E-state index in [4.69, 9.17) is 4.74 Å². The van der Waals surface area contributed by atoms with Gasteiger partial charge in [-0.25, -0.2) is 0 Å². The molecular formula is C14H23NO2S. The predicted octanol–water partition coefficient (Wildman–Crippen LogP) is 2.55. The monoisotopic (exact) mass is 269 g/mol. The lowest BCUT2D eigenvalue weighted by Gasteiger charge is -2.23. The van der Waals surface area contributed by atoms with E-state index >= 15 is 0 Å². The van der Waals surface area contributed by atoms with Gasteiger partial charge < -0.3 is 15.2 Å². The van der Waals surface area contributed by atoms with Crippen LogP contribution in [0.3, 0.4) is 0 Å². The fraction of sp³-hybridized carbons (Fsp3) is 0.714. The van der Waals surface area contributed by atoms with E-state index < -0.39 is 6.10 Å². The molecule has 2 rings (SSSR count). The summed E-state index contributed by atoms with van der Waals surface area (Å²) >= 11 is 1.70. The number of aliphatic hydroxyl groups is 1. The number of rotatable bonds is 7. The first-order valence-electron chi connectivity index (χ1n) is 6.86. The summed E-state index contributed by atoms with van der Waals surface area (Å²) in [5.41, 5.74) is 1.28. The molecule has 0 radical (unpaired) electrons. The average molecular weight is 269 g/mol. The Hall–Kier alpha value is -0.420. The molecule has 1 atom stereocenters. The topological polar surface area (TPSA) is 41.5 Å². The molecule has 2 N–H and O–H groups in total. The average Bonchev–Trinajstić information content (AvgIpc) is 2.91. The minimum atomic E-state index is -0.398. The second-order valence-corrected chi connectivity index (χ2v) is 5.79. The minimum absolute atomic E-state index is 0.380. The number of nitrogens with one attached hydrogen (secondary N) is 1. The molecule has 4 heteroatoms. The smallest absolute Gasteiger partial charge is 0.0897 e. The molecular weight excluding hydrogens is 246 g/mol. The summed E-state index contributed by atoms with van der Waals surface area (Å²) in [5, 5.41) is 17.3. The van der Waals surface area contributed by atoms with Crippen molar-refractivity contribution in [3.8, 4) is 0 Å². The summed E-state index contributed by atoms with van der Waals surface area (Å²) in [4.78, 5) is 0. The van der Waals surface area contributed by atoms with Gasteiger partial charge in [0.2, 0.25) is 0 Å². The Bertz CT molecular complexity index is 310. The molecule has 18 heavy (non-hydrogen) atoms. The van der Waals surface area contributed by atoms with E-state index in [0.29, 0.717) is 19.3 Å². The molecule has 0 spiro atoms. The maximum atomic E-state index is 9.82. The maximum absolute atomic E-state index is 9.82. The molecule has 1 unspecified atom stereocenters. The second kappa shape index (κ2) is 7.89. The van der Waals surface area contributed by atoms with Crippen molar-refractivity contribution in [1.29, 1.82) is 0 Å². The molecule has 1 saturated carbocycles. The number of hydrogen-bond acceptors (Lipinski definition) is 4. The lowest BCUT2D eigenvalue weighted by molar-refractivity contribution is -0.0230. The quantitative estimate of drug-likeness (QED) is 0.799. The molecule has 3 nitrogen and oxygen atoms in total. The first-order valence-corrected chi connectivity index (χ1v) is 7.80. The van der Waals surface area contributed by atoms with Crippen LogP contribution in [-0.2, 0) is 11.3 Å². The highest BCUT2D eigenvalue weighted by Gasteiger charge is 2.15. The van der Waals surface area contributed by atoms with Crippen molar-refractivity contribution in [3.63, 3.8) is 0 Å². The van der Waals surface area contributed by atoms with Crippen LogP contribution < -0.4 is 5.32 Å². The van der Waals surface area contributed by atoms with Crippen LogP contribution in [0, 0.1) is 0 Å². The summed E-state index contributed by atoms with van der Waals surface area (Å²) in [6, 6.07) is 2.10. The maximum Gasteiger partial charge on any atom is 0.0897 e. The summed E-state index contributed by atoms with van der Waals surface area (Å²) in [5.74, 6) is 0. The third-order valence-electron chi connectivity index (χ3n) is 3.37. The Labute approximate surface area is 113 Å². The Balaban J connectivity index is 1.53. The van der Waals surface area contributed by atoms with Gasteiger partial charge in [-0.1, -0.05) is 19.3 Å².